The van der Waals surface area contributed by atoms with Crippen molar-refractivity contribution in [3.05, 3.63) is 48.4 Å². The topological polar surface area (TPSA) is 94.9 Å². The molecule has 0 aliphatic carbocycles. The van der Waals surface area contributed by atoms with Crippen molar-refractivity contribution in [2.24, 2.45) is 5.92 Å². The van der Waals surface area contributed by atoms with Crippen LogP contribution in [0.2, 0.25) is 0 Å². The summed E-state index contributed by atoms with van der Waals surface area (Å²) in [6, 6.07) is 9.00. The first-order valence-electron chi connectivity index (χ1n) is 12.8. The quantitative estimate of drug-likeness (QED) is 0.565. The summed E-state index contributed by atoms with van der Waals surface area (Å²) in [7, 11) is 0. The molecule has 2 aromatic rings. The minimum Gasteiger partial charge on any atom is -0.472 e. The van der Waals surface area contributed by atoms with Crippen molar-refractivity contribution < 1.29 is 18.8 Å². The molecular weight excluding hydrogens is 444 g/mol. The van der Waals surface area contributed by atoms with Crippen molar-refractivity contribution >= 4 is 29.1 Å². The molecule has 0 saturated carbocycles. The molecular formula is C27H36N4O4. The van der Waals surface area contributed by atoms with E-state index in [1.54, 1.807) is 11.0 Å². The van der Waals surface area contributed by atoms with Gasteiger partial charge >= 0.3 is 0 Å². The van der Waals surface area contributed by atoms with E-state index >= 15 is 0 Å². The summed E-state index contributed by atoms with van der Waals surface area (Å²) >= 11 is 0. The molecule has 1 atom stereocenters. The molecule has 0 radical (unpaired) electrons. The fourth-order valence-corrected chi connectivity index (χ4v) is 4.87. The fraction of sp³-hybridized carbons (Fsp3) is 0.519. The Morgan fingerprint density at radius 3 is 2.54 bits per heavy atom. The van der Waals surface area contributed by atoms with E-state index in [4.69, 9.17) is 4.42 Å². The number of unbranched alkanes of at least 4 members (excludes halogenated alkanes) is 1. The second kappa shape index (κ2) is 11.9. The predicted octanol–water partition coefficient (Wildman–Crippen LogP) is 4.05. The summed E-state index contributed by atoms with van der Waals surface area (Å²) in [5, 5.41) is 6.02. The van der Waals surface area contributed by atoms with E-state index in [9.17, 15) is 14.4 Å². The van der Waals surface area contributed by atoms with E-state index in [1.807, 2.05) is 18.2 Å². The largest absolute Gasteiger partial charge is 0.472 e. The third-order valence-corrected chi connectivity index (χ3v) is 6.99. The van der Waals surface area contributed by atoms with E-state index in [0.717, 1.165) is 37.3 Å². The Morgan fingerprint density at radius 2 is 1.86 bits per heavy atom. The van der Waals surface area contributed by atoms with Crippen LogP contribution in [-0.4, -0.2) is 54.8 Å². The first-order valence-corrected chi connectivity index (χ1v) is 12.8. The third kappa shape index (κ3) is 6.44. The number of carbonyl (C=O) groups excluding carboxylic acids is 3. The number of furan rings is 1. The van der Waals surface area contributed by atoms with Gasteiger partial charge in [-0.2, -0.15) is 0 Å². The van der Waals surface area contributed by atoms with E-state index in [2.05, 4.69) is 28.5 Å². The number of anilines is 2. The Hall–Kier alpha value is -3.29. The lowest BCUT2D eigenvalue weighted by Crippen LogP contribution is -2.48. The number of hydrogen-bond acceptors (Lipinski definition) is 5. The molecule has 35 heavy (non-hydrogen) atoms. The Morgan fingerprint density at radius 1 is 1.09 bits per heavy atom. The Balaban J connectivity index is 1.32. The molecule has 1 aromatic heterocycles. The average Bonchev–Trinajstić information content (AvgIpc) is 3.61. The first-order chi connectivity index (χ1) is 17.0. The van der Waals surface area contributed by atoms with Crippen molar-refractivity contribution in [1.82, 2.24) is 10.2 Å². The van der Waals surface area contributed by atoms with Gasteiger partial charge in [-0.05, 0) is 56.4 Å². The van der Waals surface area contributed by atoms with Crippen LogP contribution in [0.5, 0.6) is 0 Å². The van der Waals surface area contributed by atoms with Crippen LogP contribution in [0, 0.1) is 5.92 Å². The van der Waals surface area contributed by atoms with E-state index in [0.29, 0.717) is 37.9 Å². The molecule has 2 N–H and O–H groups in total. The van der Waals surface area contributed by atoms with Crippen LogP contribution >= 0.6 is 0 Å². The summed E-state index contributed by atoms with van der Waals surface area (Å²) in [5.74, 6) is -0.576. The summed E-state index contributed by atoms with van der Waals surface area (Å²) in [4.78, 5) is 42.8. The maximum absolute atomic E-state index is 13.1. The van der Waals surface area contributed by atoms with Gasteiger partial charge in [0, 0.05) is 43.5 Å². The van der Waals surface area contributed by atoms with Crippen molar-refractivity contribution in [3.8, 4) is 0 Å². The van der Waals surface area contributed by atoms with Crippen LogP contribution in [0.1, 0.15) is 62.2 Å². The van der Waals surface area contributed by atoms with Crippen molar-refractivity contribution in [2.75, 3.05) is 36.4 Å². The zero-order chi connectivity index (χ0) is 24.6. The van der Waals surface area contributed by atoms with E-state index in [-0.39, 0.29) is 23.6 Å². The molecule has 3 amide bonds. The number of nitrogens with zero attached hydrogens (tertiary/aromatic N) is 2. The van der Waals surface area contributed by atoms with Crippen LogP contribution in [0.3, 0.4) is 0 Å². The second-order valence-corrected chi connectivity index (χ2v) is 9.52. The van der Waals surface area contributed by atoms with Crippen LogP contribution in [-0.2, 0) is 9.59 Å². The number of carbonyl (C=O) groups is 3. The summed E-state index contributed by atoms with van der Waals surface area (Å²) in [5.41, 5.74) is 2.39. The molecule has 3 heterocycles. The second-order valence-electron chi connectivity index (χ2n) is 9.52. The highest BCUT2D eigenvalue weighted by atomic mass is 16.3. The van der Waals surface area contributed by atoms with Gasteiger partial charge in [-0.1, -0.05) is 25.8 Å². The molecule has 2 aliphatic rings. The molecule has 2 aliphatic heterocycles. The molecule has 0 bridgehead atoms. The molecule has 1 unspecified atom stereocenters. The van der Waals surface area contributed by atoms with Crippen molar-refractivity contribution in [3.63, 3.8) is 0 Å². The normalized spacial score (nSPS) is 17.3. The van der Waals surface area contributed by atoms with Crippen LogP contribution < -0.4 is 15.5 Å². The van der Waals surface area contributed by atoms with Crippen LogP contribution in [0.25, 0.3) is 0 Å². The zero-order valence-electron chi connectivity index (χ0n) is 20.5. The Bertz CT molecular complexity index is 992. The van der Waals surface area contributed by atoms with Gasteiger partial charge in [0.1, 0.15) is 12.3 Å². The minimum atomic E-state index is -0.580. The molecule has 0 spiro atoms. The predicted molar refractivity (Wildman–Crippen MR) is 135 cm³/mol. The van der Waals surface area contributed by atoms with Crippen molar-refractivity contribution in [1.29, 1.82) is 0 Å². The molecule has 8 heteroatoms. The smallest absolute Gasteiger partial charge is 0.257 e. The number of amides is 3. The fourth-order valence-electron chi connectivity index (χ4n) is 4.87. The summed E-state index contributed by atoms with van der Waals surface area (Å²) in [6.45, 7) is 5.18. The van der Waals surface area contributed by atoms with Crippen LogP contribution in [0.15, 0.2) is 47.3 Å². The highest BCUT2D eigenvalue weighted by Crippen LogP contribution is 2.24. The Kier molecular flexibility index (Phi) is 8.45. The number of rotatable bonds is 9. The zero-order valence-corrected chi connectivity index (χ0v) is 20.5. The molecule has 1 aromatic carbocycles. The van der Waals surface area contributed by atoms with Gasteiger partial charge in [0.15, 0.2) is 0 Å². The van der Waals surface area contributed by atoms with Gasteiger partial charge < -0.3 is 24.9 Å². The van der Waals surface area contributed by atoms with E-state index < -0.39 is 6.04 Å². The maximum Gasteiger partial charge on any atom is 0.257 e. The number of hydrogen-bond donors (Lipinski definition) is 2. The highest BCUT2D eigenvalue weighted by molar-refractivity contribution is 5.98. The molecule has 2 fully saturated rings. The standard InChI is InChI=1S/C27H36N4O4/c1-2-3-9-24(26(33)28-22-7-6-8-23(18-22)30-13-4-5-14-30)29-25(32)20-10-15-31(16-11-20)27(34)21-12-17-35-19-21/h6-8,12,17-20,24H,2-5,9-11,13-16H2,1H3,(H,28,33)(H,29,32). The SMILES string of the molecule is CCCCC(NC(=O)C1CCN(C(=O)c2ccoc2)CC1)C(=O)Nc1cccc(N2CCCC2)c1. The lowest BCUT2D eigenvalue weighted by atomic mass is 9.94. The molecule has 8 nitrogen and oxygen atoms in total. The molecule has 4 rings (SSSR count). The highest BCUT2D eigenvalue weighted by Gasteiger charge is 2.30. The van der Waals surface area contributed by atoms with Gasteiger partial charge in [0.25, 0.3) is 5.91 Å². The summed E-state index contributed by atoms with van der Waals surface area (Å²) in [6.07, 6.45) is 8.86. The Labute approximate surface area is 207 Å². The minimum absolute atomic E-state index is 0.0750. The molecule has 2 saturated heterocycles. The van der Waals surface area contributed by atoms with E-state index in [1.165, 1.54) is 25.4 Å². The number of likely N-dealkylation sites (tertiary alicyclic amines) is 1. The monoisotopic (exact) mass is 480 g/mol. The van der Waals surface area contributed by atoms with Gasteiger partial charge in [-0.15, -0.1) is 0 Å². The number of benzene rings is 1. The third-order valence-electron chi connectivity index (χ3n) is 6.99. The van der Waals surface area contributed by atoms with Gasteiger partial charge in [-0.3, -0.25) is 14.4 Å². The first kappa shape index (κ1) is 24.8. The van der Waals surface area contributed by atoms with Gasteiger partial charge in [0.05, 0.1) is 11.8 Å². The molecule has 188 valence electrons. The van der Waals surface area contributed by atoms with Gasteiger partial charge in [0.2, 0.25) is 11.8 Å². The van der Waals surface area contributed by atoms with Crippen molar-refractivity contribution in [2.45, 2.75) is 57.9 Å². The van der Waals surface area contributed by atoms with Gasteiger partial charge in [-0.25, -0.2) is 0 Å². The maximum atomic E-state index is 13.1. The lowest BCUT2D eigenvalue weighted by Gasteiger charge is -2.32. The number of piperidine rings is 1. The lowest BCUT2D eigenvalue weighted by molar-refractivity contribution is -0.130. The summed E-state index contributed by atoms with van der Waals surface area (Å²) < 4.78 is 5.01. The average molecular weight is 481 g/mol. The van der Waals surface area contributed by atoms with Crippen LogP contribution in [0.4, 0.5) is 11.4 Å². The number of nitrogens with one attached hydrogen (secondary N) is 2.